The zero-order valence-corrected chi connectivity index (χ0v) is 31.8. The van der Waals surface area contributed by atoms with Gasteiger partial charge < -0.3 is 37.6 Å². The average molecular weight is 752 g/mol. The van der Waals surface area contributed by atoms with Crippen LogP contribution >= 0.6 is 0 Å². The molecular weight excluding hydrogens is 699 g/mol. The first-order chi connectivity index (χ1) is 26.2. The number of nitrogens with two attached hydrogens (primary N) is 3. The molecule has 4 atom stereocenters. The Hall–Kier alpha value is -5.98. The first kappa shape index (κ1) is 41.8. The van der Waals surface area contributed by atoms with Gasteiger partial charge in [-0.3, -0.25) is 29.0 Å². The van der Waals surface area contributed by atoms with Crippen molar-refractivity contribution in [3.63, 3.8) is 0 Å². The highest BCUT2D eigenvalue weighted by atomic mass is 16.6. The van der Waals surface area contributed by atoms with Crippen LogP contribution in [0.3, 0.4) is 0 Å². The van der Waals surface area contributed by atoms with E-state index >= 15 is 0 Å². The Morgan fingerprint density at radius 3 is 1.84 bits per heavy atom. The van der Waals surface area contributed by atoms with E-state index < -0.39 is 59.0 Å². The molecule has 1 aromatic heterocycles. The van der Waals surface area contributed by atoms with Crippen molar-refractivity contribution in [2.45, 2.75) is 83.4 Å². The topological polar surface area (TPSA) is 225 Å². The fraction of sp³-hybridized carbons (Fsp3) is 0.381. The third kappa shape index (κ3) is 13.7. The number of rotatable bonds is 20. The number of Topliss-reactive ketones (excluding diaryl/α,β-unsaturated/α-hetero) is 1. The van der Waals surface area contributed by atoms with Crippen LogP contribution in [0.25, 0.3) is 10.9 Å². The van der Waals surface area contributed by atoms with Crippen LogP contribution in [0.2, 0.25) is 0 Å². The molecule has 4 aromatic rings. The summed E-state index contributed by atoms with van der Waals surface area (Å²) in [6.45, 7) is 5.45. The molecule has 0 saturated carbocycles. The smallest absolute Gasteiger partial charge is 0.307 e. The first-order valence-electron chi connectivity index (χ1n) is 18.5. The standard InChI is InChI=1S/C42H53N7O6/c1-42(2,3)55-37(51)25-30(22-28-15-8-5-9-16-28)40(54)48-34(19-12-20-46-41(44)45)36(50)24-29(21-27-13-6-4-7-14-27)39(53)49-35(38(43)52)23-31-26-47-33-18-11-10-17-32(31)33/h4-11,13-18,26,29-30,34-35,47H,12,19-25H2,1-3H3,(H2,43,52)(H,48,54)(H,49,53)(H4,44,45,46)/t29-,30-,34-,35+/m1/s1. The number of amides is 3. The number of ether oxygens (including phenoxy) is 1. The van der Waals surface area contributed by atoms with Crippen molar-refractivity contribution < 1.29 is 28.7 Å². The highest BCUT2D eigenvalue weighted by molar-refractivity contribution is 5.95. The Morgan fingerprint density at radius 1 is 0.727 bits per heavy atom. The first-order valence-corrected chi connectivity index (χ1v) is 18.5. The highest BCUT2D eigenvalue weighted by Gasteiger charge is 2.33. The van der Waals surface area contributed by atoms with Gasteiger partial charge >= 0.3 is 5.97 Å². The minimum Gasteiger partial charge on any atom is -0.460 e. The zero-order valence-electron chi connectivity index (χ0n) is 31.8. The second kappa shape index (κ2) is 19.9. The molecule has 0 saturated heterocycles. The van der Waals surface area contributed by atoms with Gasteiger partial charge in [0.2, 0.25) is 17.7 Å². The number of primary amides is 1. The number of H-pyrrole nitrogens is 1. The number of fused-ring (bicyclic) bond motifs is 1. The van der Waals surface area contributed by atoms with Crippen molar-refractivity contribution in [3.05, 3.63) is 108 Å². The van der Waals surface area contributed by atoms with Gasteiger partial charge in [-0.2, -0.15) is 0 Å². The van der Waals surface area contributed by atoms with E-state index in [0.717, 1.165) is 27.6 Å². The highest BCUT2D eigenvalue weighted by Crippen LogP contribution is 2.22. The van der Waals surface area contributed by atoms with Gasteiger partial charge in [-0.15, -0.1) is 0 Å². The molecule has 55 heavy (non-hydrogen) atoms. The maximum Gasteiger partial charge on any atom is 0.307 e. The van der Waals surface area contributed by atoms with Crippen molar-refractivity contribution in [2.24, 2.45) is 34.0 Å². The second-order valence-electron chi connectivity index (χ2n) is 14.8. The van der Waals surface area contributed by atoms with Gasteiger partial charge in [-0.05, 0) is 69.2 Å². The Labute approximate surface area is 321 Å². The maximum atomic E-state index is 14.3. The molecule has 0 fully saturated rings. The number of aromatic amines is 1. The van der Waals surface area contributed by atoms with E-state index in [-0.39, 0.29) is 51.0 Å². The number of nitrogens with one attached hydrogen (secondary N) is 3. The molecular formula is C42H53N7O6. The number of hydrogen-bond acceptors (Lipinski definition) is 7. The van der Waals surface area contributed by atoms with Gasteiger partial charge in [0.05, 0.1) is 18.4 Å². The largest absolute Gasteiger partial charge is 0.460 e. The van der Waals surface area contributed by atoms with E-state index in [2.05, 4.69) is 20.6 Å². The SMILES string of the molecule is CC(C)(C)OC(=O)C[C@@H](Cc1ccccc1)C(=O)N[C@H](CCCN=C(N)N)C(=O)C[C@@H](Cc1ccccc1)C(=O)N[C@@H](Cc1c[nH]c2ccccc12)C(N)=O. The molecule has 0 unspecified atom stereocenters. The summed E-state index contributed by atoms with van der Waals surface area (Å²) in [5.41, 5.74) is 19.4. The van der Waals surface area contributed by atoms with E-state index in [1.807, 2.05) is 84.9 Å². The van der Waals surface area contributed by atoms with Gasteiger partial charge in [-0.25, -0.2) is 0 Å². The third-order valence-electron chi connectivity index (χ3n) is 9.08. The molecule has 0 bridgehead atoms. The lowest BCUT2D eigenvalue weighted by Gasteiger charge is -2.26. The summed E-state index contributed by atoms with van der Waals surface area (Å²) < 4.78 is 5.54. The number of guanidine groups is 1. The quantitative estimate of drug-likeness (QED) is 0.0338. The molecule has 0 aliphatic carbocycles. The number of carbonyl (C=O) groups excluding carboxylic acids is 5. The Kier molecular flexibility index (Phi) is 15.1. The van der Waals surface area contributed by atoms with Gasteiger partial charge in [0, 0.05) is 42.4 Å². The molecule has 0 radical (unpaired) electrons. The fourth-order valence-corrected chi connectivity index (χ4v) is 6.42. The van der Waals surface area contributed by atoms with E-state index in [1.165, 1.54) is 0 Å². The van der Waals surface area contributed by atoms with Crippen LogP contribution in [0, 0.1) is 11.8 Å². The summed E-state index contributed by atoms with van der Waals surface area (Å²) in [5, 5.41) is 6.60. The lowest BCUT2D eigenvalue weighted by Crippen LogP contribution is -2.49. The minimum absolute atomic E-state index is 0.108. The number of aliphatic imine (C=N–C) groups is 1. The molecule has 13 heteroatoms. The summed E-state index contributed by atoms with van der Waals surface area (Å²) in [7, 11) is 0. The normalized spacial score (nSPS) is 13.5. The number of benzene rings is 3. The van der Waals surface area contributed by atoms with E-state index in [9.17, 15) is 24.0 Å². The third-order valence-corrected chi connectivity index (χ3v) is 9.08. The number of hydrogen-bond donors (Lipinski definition) is 6. The fourth-order valence-electron chi connectivity index (χ4n) is 6.42. The van der Waals surface area contributed by atoms with E-state index in [0.29, 0.717) is 6.42 Å². The predicted octanol–water partition coefficient (Wildman–Crippen LogP) is 3.63. The van der Waals surface area contributed by atoms with Gasteiger partial charge in [0.15, 0.2) is 11.7 Å². The number of aromatic nitrogens is 1. The van der Waals surface area contributed by atoms with Crippen molar-refractivity contribution in [2.75, 3.05) is 6.54 Å². The van der Waals surface area contributed by atoms with Crippen LogP contribution in [0.4, 0.5) is 0 Å². The zero-order chi connectivity index (χ0) is 40.0. The van der Waals surface area contributed by atoms with Crippen molar-refractivity contribution in [1.29, 1.82) is 0 Å². The number of carbonyl (C=O) groups is 5. The summed E-state index contributed by atoms with van der Waals surface area (Å²) in [6, 6.07) is 24.0. The molecule has 0 aliphatic heterocycles. The summed E-state index contributed by atoms with van der Waals surface area (Å²) in [6.07, 6.45) is 2.36. The number of nitrogens with zero attached hydrogens (tertiary/aromatic N) is 1. The van der Waals surface area contributed by atoms with Crippen LogP contribution in [0.1, 0.15) is 63.1 Å². The molecule has 9 N–H and O–H groups in total. The van der Waals surface area contributed by atoms with E-state index in [4.69, 9.17) is 21.9 Å². The van der Waals surface area contributed by atoms with Crippen molar-refractivity contribution >= 4 is 46.3 Å². The molecule has 4 rings (SSSR count). The second-order valence-corrected chi connectivity index (χ2v) is 14.8. The van der Waals surface area contributed by atoms with Crippen LogP contribution in [0.5, 0.6) is 0 Å². The van der Waals surface area contributed by atoms with Crippen LogP contribution in [-0.4, -0.2) is 64.6 Å². The maximum absolute atomic E-state index is 14.3. The summed E-state index contributed by atoms with van der Waals surface area (Å²) in [4.78, 5) is 75.2. The Bertz CT molecular complexity index is 1930. The summed E-state index contributed by atoms with van der Waals surface area (Å²) in [5.74, 6) is -4.59. The number of ketones is 1. The van der Waals surface area contributed by atoms with Crippen LogP contribution in [0.15, 0.2) is 96.1 Å². The minimum atomic E-state index is -1.05. The molecule has 292 valence electrons. The van der Waals surface area contributed by atoms with E-state index in [1.54, 1.807) is 27.0 Å². The van der Waals surface area contributed by atoms with Crippen molar-refractivity contribution in [3.8, 4) is 0 Å². The number of para-hydroxylation sites is 1. The molecule has 1 heterocycles. The molecule has 3 aromatic carbocycles. The predicted molar refractivity (Wildman–Crippen MR) is 212 cm³/mol. The Balaban J connectivity index is 1.58. The molecule has 13 nitrogen and oxygen atoms in total. The van der Waals surface area contributed by atoms with Crippen LogP contribution in [-0.2, 0) is 48.0 Å². The molecule has 0 spiro atoms. The Morgan fingerprint density at radius 2 is 1.27 bits per heavy atom. The van der Waals surface area contributed by atoms with Gasteiger partial charge in [-0.1, -0.05) is 78.9 Å². The lowest BCUT2D eigenvalue weighted by molar-refractivity contribution is -0.157. The average Bonchev–Trinajstić information content (AvgIpc) is 3.54. The lowest BCUT2D eigenvalue weighted by atomic mass is 9.89. The van der Waals surface area contributed by atoms with Gasteiger partial charge in [0.1, 0.15) is 11.6 Å². The molecule has 0 aliphatic rings. The monoisotopic (exact) mass is 751 g/mol. The van der Waals surface area contributed by atoms with Gasteiger partial charge in [0.25, 0.3) is 0 Å². The summed E-state index contributed by atoms with van der Waals surface area (Å²) >= 11 is 0. The molecule has 3 amide bonds. The van der Waals surface area contributed by atoms with Crippen LogP contribution < -0.4 is 27.8 Å². The number of esters is 1. The van der Waals surface area contributed by atoms with Crippen molar-refractivity contribution in [1.82, 2.24) is 15.6 Å².